The molecule has 0 fully saturated rings. The van der Waals surface area contributed by atoms with Crippen LogP contribution in [0, 0.1) is 0 Å². The van der Waals surface area contributed by atoms with Crippen molar-refractivity contribution in [2.24, 2.45) is 0 Å². The van der Waals surface area contributed by atoms with Crippen LogP contribution in [-0.2, 0) is 25.9 Å². The predicted octanol–water partition coefficient (Wildman–Crippen LogP) is 1.27. The van der Waals surface area contributed by atoms with Gasteiger partial charge < -0.3 is 14.8 Å². The summed E-state index contributed by atoms with van der Waals surface area (Å²) in [5.74, 6) is -0.457. The molecule has 28 heavy (non-hydrogen) atoms. The smallest absolute Gasteiger partial charge is 0.273 e. The Bertz CT molecular complexity index is 833. The zero-order chi connectivity index (χ0) is 20.4. The van der Waals surface area contributed by atoms with E-state index in [9.17, 15) is 13.2 Å². The van der Waals surface area contributed by atoms with Gasteiger partial charge in [-0.2, -0.15) is 0 Å². The van der Waals surface area contributed by atoms with Crippen molar-refractivity contribution in [2.75, 3.05) is 25.5 Å². The van der Waals surface area contributed by atoms with Crippen molar-refractivity contribution in [3.05, 3.63) is 42.2 Å². The van der Waals surface area contributed by atoms with Crippen LogP contribution in [-0.4, -0.2) is 61.1 Å². The summed E-state index contributed by atoms with van der Waals surface area (Å²) in [4.78, 5) is 12.4. The number of nitrogens with one attached hydrogen (secondary N) is 1. The lowest BCUT2D eigenvalue weighted by Gasteiger charge is -2.16. The summed E-state index contributed by atoms with van der Waals surface area (Å²) in [6.45, 7) is 5.27. The molecule has 2 rings (SSSR count). The number of aromatic nitrogens is 3. The van der Waals surface area contributed by atoms with Crippen LogP contribution in [0.3, 0.4) is 0 Å². The van der Waals surface area contributed by atoms with Crippen molar-refractivity contribution in [3.8, 4) is 0 Å². The van der Waals surface area contributed by atoms with Gasteiger partial charge in [-0.15, -0.1) is 5.10 Å². The molecule has 1 N–H and O–H groups in total. The second-order valence-electron chi connectivity index (χ2n) is 5.91. The molecule has 0 radical (unpaired) electrons. The Morgan fingerprint density at radius 2 is 1.86 bits per heavy atom. The number of carbonyl (C=O) groups is 1. The van der Waals surface area contributed by atoms with Crippen LogP contribution < -0.4 is 5.32 Å². The monoisotopic (exact) mass is 410 g/mol. The average molecular weight is 410 g/mol. The van der Waals surface area contributed by atoms with E-state index in [1.807, 2.05) is 13.8 Å². The quantitative estimate of drug-likeness (QED) is 0.414. The summed E-state index contributed by atoms with van der Waals surface area (Å²) >= 11 is 0. The molecule has 0 saturated heterocycles. The first-order valence-corrected chi connectivity index (χ1v) is 10.8. The topological polar surface area (TPSA) is 112 Å². The van der Waals surface area contributed by atoms with E-state index in [2.05, 4.69) is 15.6 Å². The van der Waals surface area contributed by atoms with E-state index in [1.165, 1.54) is 10.9 Å². The van der Waals surface area contributed by atoms with Gasteiger partial charge in [-0.1, -0.05) is 23.4 Å². The number of benzene rings is 1. The van der Waals surface area contributed by atoms with E-state index in [1.54, 1.807) is 30.3 Å². The molecule has 0 aliphatic heterocycles. The minimum Gasteiger partial charge on any atom is -0.351 e. The Balaban J connectivity index is 1.80. The number of ether oxygens (including phenoxy) is 2. The van der Waals surface area contributed by atoms with E-state index in [-0.39, 0.29) is 22.9 Å². The predicted molar refractivity (Wildman–Crippen MR) is 103 cm³/mol. The first-order valence-electron chi connectivity index (χ1n) is 9.15. The highest BCUT2D eigenvalue weighted by atomic mass is 32.2. The van der Waals surface area contributed by atoms with E-state index in [0.29, 0.717) is 26.2 Å². The lowest BCUT2D eigenvalue weighted by Crippen LogP contribution is -2.26. The summed E-state index contributed by atoms with van der Waals surface area (Å²) in [5.41, 5.74) is 0.151. The van der Waals surface area contributed by atoms with Gasteiger partial charge >= 0.3 is 0 Å². The fraction of sp³-hybridized carbons (Fsp3) is 0.500. The summed E-state index contributed by atoms with van der Waals surface area (Å²) in [5, 5.41) is 10.4. The normalized spacial score (nSPS) is 11.7. The first-order chi connectivity index (χ1) is 13.5. The van der Waals surface area contributed by atoms with Crippen molar-refractivity contribution in [1.29, 1.82) is 0 Å². The molecule has 1 aromatic carbocycles. The minimum atomic E-state index is -3.35. The number of nitrogens with zero attached hydrogens (tertiary/aromatic N) is 3. The minimum absolute atomic E-state index is 0.0472. The Morgan fingerprint density at radius 1 is 1.18 bits per heavy atom. The zero-order valence-corrected chi connectivity index (χ0v) is 16.9. The lowest BCUT2D eigenvalue weighted by molar-refractivity contribution is -0.145. The van der Waals surface area contributed by atoms with Gasteiger partial charge in [0.1, 0.15) is 0 Å². The third-order valence-corrected chi connectivity index (χ3v) is 5.61. The summed E-state index contributed by atoms with van der Waals surface area (Å²) in [6, 6.07) is 8.24. The maximum absolute atomic E-state index is 12.2. The number of rotatable bonds is 12. The van der Waals surface area contributed by atoms with Gasteiger partial charge in [-0.05, 0) is 32.4 Å². The molecule has 1 heterocycles. The molecule has 2 aromatic rings. The number of amides is 1. The third-order valence-electron chi connectivity index (χ3n) is 3.79. The first kappa shape index (κ1) is 22.0. The SMILES string of the molecule is CCOC(Cn1cc(C(=O)NCCCS(=O)(=O)c2ccccc2)nn1)OCC. The molecule has 10 heteroatoms. The Labute approximate surface area is 164 Å². The van der Waals surface area contributed by atoms with Gasteiger partial charge in [0, 0.05) is 19.8 Å². The molecular formula is C18H26N4O5S. The summed E-state index contributed by atoms with van der Waals surface area (Å²) < 4.78 is 36.7. The molecule has 0 spiro atoms. The highest BCUT2D eigenvalue weighted by Crippen LogP contribution is 2.10. The van der Waals surface area contributed by atoms with Gasteiger partial charge in [0.25, 0.3) is 5.91 Å². The molecule has 0 bridgehead atoms. The second-order valence-corrected chi connectivity index (χ2v) is 8.02. The van der Waals surface area contributed by atoms with Crippen LogP contribution >= 0.6 is 0 Å². The molecule has 0 aliphatic carbocycles. The Hall–Kier alpha value is -2.30. The van der Waals surface area contributed by atoms with Crippen LogP contribution in [0.5, 0.6) is 0 Å². The van der Waals surface area contributed by atoms with Crippen LogP contribution in [0.2, 0.25) is 0 Å². The Morgan fingerprint density at radius 3 is 2.50 bits per heavy atom. The largest absolute Gasteiger partial charge is 0.351 e. The van der Waals surface area contributed by atoms with Crippen molar-refractivity contribution >= 4 is 15.7 Å². The number of hydrogen-bond donors (Lipinski definition) is 1. The van der Waals surface area contributed by atoms with E-state index >= 15 is 0 Å². The highest BCUT2D eigenvalue weighted by Gasteiger charge is 2.16. The maximum Gasteiger partial charge on any atom is 0.273 e. The molecule has 1 aromatic heterocycles. The van der Waals surface area contributed by atoms with Crippen LogP contribution in [0.25, 0.3) is 0 Å². The zero-order valence-electron chi connectivity index (χ0n) is 16.1. The molecule has 0 atom stereocenters. The van der Waals surface area contributed by atoms with E-state index in [4.69, 9.17) is 9.47 Å². The Kier molecular flexibility index (Phi) is 8.55. The second kappa shape index (κ2) is 10.9. The van der Waals surface area contributed by atoms with Crippen molar-refractivity contribution < 1.29 is 22.7 Å². The molecule has 154 valence electrons. The number of carbonyl (C=O) groups excluding carboxylic acids is 1. The fourth-order valence-electron chi connectivity index (χ4n) is 2.47. The van der Waals surface area contributed by atoms with Gasteiger partial charge in [-0.3, -0.25) is 4.79 Å². The van der Waals surface area contributed by atoms with Crippen molar-refractivity contribution in [3.63, 3.8) is 0 Å². The lowest BCUT2D eigenvalue weighted by atomic mass is 10.4. The summed E-state index contributed by atoms with van der Waals surface area (Å²) in [6.07, 6.45) is 1.34. The molecule has 1 amide bonds. The van der Waals surface area contributed by atoms with E-state index in [0.717, 1.165) is 0 Å². The molecule has 0 saturated carbocycles. The van der Waals surface area contributed by atoms with Crippen molar-refractivity contribution in [2.45, 2.75) is 38.0 Å². The number of sulfone groups is 1. The van der Waals surface area contributed by atoms with Crippen LogP contribution in [0.1, 0.15) is 30.8 Å². The van der Waals surface area contributed by atoms with Crippen LogP contribution in [0.4, 0.5) is 0 Å². The molecule has 0 aliphatic rings. The van der Waals surface area contributed by atoms with Crippen molar-refractivity contribution in [1.82, 2.24) is 20.3 Å². The van der Waals surface area contributed by atoms with Gasteiger partial charge in [0.2, 0.25) is 0 Å². The third kappa shape index (κ3) is 6.70. The maximum atomic E-state index is 12.2. The average Bonchev–Trinajstić information content (AvgIpc) is 3.15. The standard InChI is InChI=1S/C18H26N4O5S/c1-3-26-17(27-4-2)14-22-13-16(20-21-22)18(23)19-11-8-12-28(24,25)15-9-6-5-7-10-15/h5-7,9-10,13,17H,3-4,8,11-12,14H2,1-2H3,(H,19,23). The summed E-state index contributed by atoms with van der Waals surface area (Å²) in [7, 11) is -3.35. The number of hydrogen-bond acceptors (Lipinski definition) is 7. The van der Waals surface area contributed by atoms with Crippen LogP contribution in [0.15, 0.2) is 41.4 Å². The van der Waals surface area contributed by atoms with E-state index < -0.39 is 22.0 Å². The molecular weight excluding hydrogens is 384 g/mol. The molecule has 0 unspecified atom stereocenters. The highest BCUT2D eigenvalue weighted by molar-refractivity contribution is 7.91. The molecule has 9 nitrogen and oxygen atoms in total. The van der Waals surface area contributed by atoms with Gasteiger partial charge in [0.15, 0.2) is 21.8 Å². The van der Waals surface area contributed by atoms with Gasteiger partial charge in [-0.25, -0.2) is 13.1 Å². The van der Waals surface area contributed by atoms with Gasteiger partial charge in [0.05, 0.1) is 23.4 Å². The fourth-order valence-corrected chi connectivity index (χ4v) is 3.80.